The second-order valence-electron chi connectivity index (χ2n) is 3.90. The van der Waals surface area contributed by atoms with Crippen LogP contribution in [0.2, 0.25) is 0 Å². The number of carbonyl (C=O) groups excluding carboxylic acids is 2. The predicted octanol–water partition coefficient (Wildman–Crippen LogP) is 3.19. The topological polar surface area (TPSA) is 34.1 Å². The zero-order valence-corrected chi connectivity index (χ0v) is 9.95. The van der Waals surface area contributed by atoms with Gasteiger partial charge in [0.25, 0.3) is 0 Å². The van der Waals surface area contributed by atoms with Gasteiger partial charge in [-0.2, -0.15) is 0 Å². The average molecular weight is 218 g/mol. The maximum Gasteiger partial charge on any atom is 0.170 e. The molecule has 0 saturated heterocycles. The highest BCUT2D eigenvalue weighted by Crippen LogP contribution is 2.12. The van der Waals surface area contributed by atoms with Gasteiger partial charge in [-0.05, 0) is 18.4 Å². The molecular weight excluding hydrogens is 200 g/mol. The molecule has 0 aromatic heterocycles. The SMILES string of the molecule is CCCC(=O)CC(=O)c1ccccc1CC. The van der Waals surface area contributed by atoms with E-state index in [9.17, 15) is 9.59 Å². The Morgan fingerprint density at radius 2 is 1.81 bits per heavy atom. The lowest BCUT2D eigenvalue weighted by atomic mass is 9.98. The second kappa shape index (κ2) is 6.21. The molecule has 0 fully saturated rings. The van der Waals surface area contributed by atoms with Gasteiger partial charge in [-0.25, -0.2) is 0 Å². The molecule has 0 heterocycles. The molecule has 0 aliphatic heterocycles. The molecule has 1 aromatic carbocycles. The van der Waals surface area contributed by atoms with Crippen molar-refractivity contribution in [1.29, 1.82) is 0 Å². The van der Waals surface area contributed by atoms with Gasteiger partial charge >= 0.3 is 0 Å². The van der Waals surface area contributed by atoms with Gasteiger partial charge in [0.2, 0.25) is 0 Å². The molecule has 86 valence electrons. The van der Waals surface area contributed by atoms with Gasteiger partial charge in [0.1, 0.15) is 5.78 Å². The summed E-state index contributed by atoms with van der Waals surface area (Å²) in [5.41, 5.74) is 1.73. The van der Waals surface area contributed by atoms with Gasteiger partial charge in [0.05, 0.1) is 6.42 Å². The van der Waals surface area contributed by atoms with Crippen molar-refractivity contribution in [2.24, 2.45) is 0 Å². The van der Waals surface area contributed by atoms with Crippen molar-refractivity contribution in [3.63, 3.8) is 0 Å². The van der Waals surface area contributed by atoms with Crippen LogP contribution in [0.15, 0.2) is 24.3 Å². The normalized spacial score (nSPS) is 10.1. The summed E-state index contributed by atoms with van der Waals surface area (Å²) < 4.78 is 0. The smallest absolute Gasteiger partial charge is 0.170 e. The third kappa shape index (κ3) is 3.30. The molecule has 1 rings (SSSR count). The van der Waals surface area contributed by atoms with Gasteiger partial charge in [0, 0.05) is 12.0 Å². The molecule has 1 aromatic rings. The van der Waals surface area contributed by atoms with E-state index in [1.807, 2.05) is 32.0 Å². The van der Waals surface area contributed by atoms with Gasteiger partial charge in [0.15, 0.2) is 5.78 Å². The van der Waals surface area contributed by atoms with Crippen LogP contribution in [0.25, 0.3) is 0 Å². The van der Waals surface area contributed by atoms with E-state index in [-0.39, 0.29) is 18.0 Å². The summed E-state index contributed by atoms with van der Waals surface area (Å²) in [5, 5.41) is 0. The van der Waals surface area contributed by atoms with Crippen molar-refractivity contribution in [2.75, 3.05) is 0 Å². The first kappa shape index (κ1) is 12.6. The molecule has 0 aliphatic carbocycles. The molecule has 0 bridgehead atoms. The Hall–Kier alpha value is -1.44. The largest absolute Gasteiger partial charge is 0.299 e. The Balaban J connectivity index is 2.76. The number of hydrogen-bond donors (Lipinski definition) is 0. The maximum absolute atomic E-state index is 11.9. The number of aryl methyl sites for hydroxylation is 1. The molecule has 2 heteroatoms. The Morgan fingerprint density at radius 1 is 1.12 bits per heavy atom. The lowest BCUT2D eigenvalue weighted by Crippen LogP contribution is -2.09. The Bertz CT molecular complexity index is 380. The molecule has 0 unspecified atom stereocenters. The Labute approximate surface area is 96.7 Å². The van der Waals surface area contributed by atoms with Crippen LogP contribution in [-0.2, 0) is 11.2 Å². The summed E-state index contributed by atoms with van der Waals surface area (Å²) in [5.74, 6) is -0.00527. The molecule has 0 spiro atoms. The highest BCUT2D eigenvalue weighted by Gasteiger charge is 2.13. The van der Waals surface area contributed by atoms with Crippen LogP contribution in [-0.4, -0.2) is 11.6 Å². The number of carbonyl (C=O) groups is 2. The fourth-order valence-electron chi connectivity index (χ4n) is 1.74. The van der Waals surface area contributed by atoms with E-state index in [1.165, 1.54) is 0 Å². The monoisotopic (exact) mass is 218 g/mol. The van der Waals surface area contributed by atoms with Crippen LogP contribution in [0.5, 0.6) is 0 Å². The molecule has 0 saturated carbocycles. The van der Waals surface area contributed by atoms with Gasteiger partial charge in [-0.3, -0.25) is 9.59 Å². The summed E-state index contributed by atoms with van der Waals surface area (Å²) in [7, 11) is 0. The average Bonchev–Trinajstić information content (AvgIpc) is 2.29. The van der Waals surface area contributed by atoms with Crippen LogP contribution in [0.1, 0.15) is 49.0 Å². The first-order valence-corrected chi connectivity index (χ1v) is 5.81. The van der Waals surface area contributed by atoms with E-state index in [0.717, 1.165) is 18.4 Å². The quantitative estimate of drug-likeness (QED) is 0.543. The summed E-state index contributed by atoms with van der Waals surface area (Å²) in [6, 6.07) is 7.51. The van der Waals surface area contributed by atoms with Crippen LogP contribution in [0.3, 0.4) is 0 Å². The molecular formula is C14H18O2. The van der Waals surface area contributed by atoms with Gasteiger partial charge < -0.3 is 0 Å². The highest BCUT2D eigenvalue weighted by molar-refractivity contribution is 6.08. The molecule has 16 heavy (non-hydrogen) atoms. The van der Waals surface area contributed by atoms with Crippen molar-refractivity contribution in [3.05, 3.63) is 35.4 Å². The number of benzene rings is 1. The molecule has 0 amide bonds. The Morgan fingerprint density at radius 3 is 2.44 bits per heavy atom. The van der Waals surface area contributed by atoms with Gasteiger partial charge in [-0.15, -0.1) is 0 Å². The first-order chi connectivity index (χ1) is 7.69. The number of rotatable bonds is 6. The second-order valence-corrected chi connectivity index (χ2v) is 3.90. The summed E-state index contributed by atoms with van der Waals surface area (Å²) in [6.45, 7) is 3.96. The third-order valence-electron chi connectivity index (χ3n) is 2.59. The zero-order chi connectivity index (χ0) is 12.0. The van der Waals surface area contributed by atoms with E-state index in [4.69, 9.17) is 0 Å². The maximum atomic E-state index is 11.9. The standard InChI is InChI=1S/C14H18O2/c1-3-7-12(15)10-14(16)13-9-6-5-8-11(13)4-2/h5-6,8-9H,3-4,7,10H2,1-2H3. The number of hydrogen-bond acceptors (Lipinski definition) is 2. The molecule has 0 atom stereocenters. The van der Waals surface area contributed by atoms with Crippen LogP contribution in [0.4, 0.5) is 0 Å². The fraction of sp³-hybridized carbons (Fsp3) is 0.429. The fourth-order valence-corrected chi connectivity index (χ4v) is 1.74. The number of ketones is 2. The Kier molecular flexibility index (Phi) is 4.90. The third-order valence-corrected chi connectivity index (χ3v) is 2.59. The lowest BCUT2D eigenvalue weighted by Gasteiger charge is -2.05. The van der Waals surface area contributed by atoms with Crippen LogP contribution >= 0.6 is 0 Å². The lowest BCUT2D eigenvalue weighted by molar-refractivity contribution is -0.118. The summed E-state index contributed by atoms with van der Waals surface area (Å²) in [6.07, 6.45) is 2.18. The van der Waals surface area contributed by atoms with E-state index in [0.29, 0.717) is 12.0 Å². The van der Waals surface area contributed by atoms with Crippen molar-refractivity contribution in [1.82, 2.24) is 0 Å². The predicted molar refractivity (Wildman–Crippen MR) is 64.7 cm³/mol. The van der Waals surface area contributed by atoms with Crippen molar-refractivity contribution < 1.29 is 9.59 Å². The number of Topliss-reactive ketones (excluding diaryl/α,β-unsaturated/α-hetero) is 2. The molecule has 0 radical (unpaired) electrons. The summed E-state index contributed by atoms with van der Waals surface area (Å²) in [4.78, 5) is 23.3. The van der Waals surface area contributed by atoms with E-state index < -0.39 is 0 Å². The zero-order valence-electron chi connectivity index (χ0n) is 9.95. The molecule has 2 nitrogen and oxygen atoms in total. The van der Waals surface area contributed by atoms with Crippen LogP contribution in [0, 0.1) is 0 Å². The van der Waals surface area contributed by atoms with Crippen molar-refractivity contribution in [3.8, 4) is 0 Å². The molecule has 0 aliphatic rings. The summed E-state index contributed by atoms with van der Waals surface area (Å²) >= 11 is 0. The van der Waals surface area contributed by atoms with Crippen molar-refractivity contribution in [2.45, 2.75) is 39.5 Å². The first-order valence-electron chi connectivity index (χ1n) is 5.81. The van der Waals surface area contributed by atoms with E-state index in [1.54, 1.807) is 6.07 Å². The minimum atomic E-state index is -0.0455. The van der Waals surface area contributed by atoms with Gasteiger partial charge in [-0.1, -0.05) is 38.1 Å². The van der Waals surface area contributed by atoms with Crippen LogP contribution < -0.4 is 0 Å². The highest BCUT2D eigenvalue weighted by atomic mass is 16.1. The molecule has 0 N–H and O–H groups in total. The van der Waals surface area contributed by atoms with E-state index in [2.05, 4.69) is 0 Å². The minimum absolute atomic E-state index is 0.0402. The van der Waals surface area contributed by atoms with E-state index >= 15 is 0 Å². The minimum Gasteiger partial charge on any atom is -0.299 e. The van der Waals surface area contributed by atoms with Crippen molar-refractivity contribution >= 4 is 11.6 Å².